The Morgan fingerprint density at radius 2 is 1.67 bits per heavy atom. The third kappa shape index (κ3) is 5.21. The maximum Gasteiger partial charge on any atom is 0.416 e. The number of hydrogen-bond donors (Lipinski definition) is 2. The molecule has 0 bridgehead atoms. The first-order valence-electron chi connectivity index (χ1n) is 8.79. The van der Waals surface area contributed by atoms with Crippen LogP contribution in [0, 0.1) is 6.92 Å². The molecule has 3 N–H and O–H groups in total. The van der Waals surface area contributed by atoms with Gasteiger partial charge in [-0.05, 0) is 31.0 Å². The van der Waals surface area contributed by atoms with Crippen LogP contribution in [0.2, 0.25) is 0 Å². The van der Waals surface area contributed by atoms with Gasteiger partial charge in [-0.2, -0.15) is 18.2 Å². The molecule has 0 aliphatic heterocycles. The molecule has 146 valence electrons. The molecule has 0 fully saturated rings. The normalized spacial score (nSPS) is 12.6. The Hall–Kier alpha value is -2.57. The van der Waals surface area contributed by atoms with Crippen LogP contribution < -0.4 is 11.1 Å². The monoisotopic (exact) mass is 378 g/mol. The van der Waals surface area contributed by atoms with Gasteiger partial charge in [-0.3, -0.25) is 0 Å². The van der Waals surface area contributed by atoms with Crippen molar-refractivity contribution in [3.05, 3.63) is 52.7 Å². The molecule has 0 saturated carbocycles. The number of hydrogen-bond acceptors (Lipinski definition) is 4. The summed E-state index contributed by atoms with van der Waals surface area (Å²) in [5.74, 6) is 0.853. The lowest BCUT2D eigenvalue weighted by Gasteiger charge is -2.22. The number of allylic oxidation sites excluding steroid dienone is 1. The van der Waals surface area contributed by atoms with E-state index in [1.807, 2.05) is 39.8 Å². The van der Waals surface area contributed by atoms with Crippen molar-refractivity contribution in [3.8, 4) is 0 Å². The van der Waals surface area contributed by atoms with Gasteiger partial charge in [-0.1, -0.05) is 45.1 Å². The first-order chi connectivity index (χ1) is 12.5. The lowest BCUT2D eigenvalue weighted by Crippen LogP contribution is -2.14. The average Bonchev–Trinajstić information content (AvgIpc) is 2.58. The lowest BCUT2D eigenvalue weighted by molar-refractivity contribution is -0.137. The SMILES string of the molecule is CCCNc1nc(C)c(/C=C/C(C)(C)c2ccc(C(F)(F)F)cc2)c(N)n1. The Bertz CT molecular complexity index is 786. The van der Waals surface area contributed by atoms with E-state index in [0.29, 0.717) is 17.3 Å². The van der Waals surface area contributed by atoms with Crippen molar-refractivity contribution in [1.82, 2.24) is 9.97 Å². The zero-order chi connectivity index (χ0) is 20.2. The Labute approximate surface area is 157 Å². The lowest BCUT2D eigenvalue weighted by atomic mass is 9.83. The number of nitrogen functional groups attached to an aromatic ring is 1. The number of nitrogens with two attached hydrogens (primary N) is 1. The van der Waals surface area contributed by atoms with Gasteiger partial charge in [-0.25, -0.2) is 4.98 Å². The molecule has 0 spiro atoms. The van der Waals surface area contributed by atoms with Gasteiger partial charge in [0.15, 0.2) is 0 Å². The minimum Gasteiger partial charge on any atom is -0.383 e. The number of aromatic nitrogens is 2. The van der Waals surface area contributed by atoms with Gasteiger partial charge in [0.2, 0.25) is 5.95 Å². The van der Waals surface area contributed by atoms with Crippen LogP contribution in [0.25, 0.3) is 6.08 Å². The van der Waals surface area contributed by atoms with Crippen molar-refractivity contribution >= 4 is 17.8 Å². The van der Waals surface area contributed by atoms with Crippen LogP contribution in [-0.2, 0) is 11.6 Å². The first-order valence-corrected chi connectivity index (χ1v) is 8.79. The Kier molecular flexibility index (Phi) is 6.13. The fraction of sp³-hybridized carbons (Fsp3) is 0.400. The first kappa shape index (κ1) is 20.7. The fourth-order valence-electron chi connectivity index (χ4n) is 2.60. The van der Waals surface area contributed by atoms with E-state index in [2.05, 4.69) is 15.3 Å². The Balaban J connectivity index is 2.25. The zero-order valence-corrected chi connectivity index (χ0v) is 16.0. The number of nitrogens with one attached hydrogen (secondary N) is 1. The number of aryl methyl sites for hydroxylation is 1. The van der Waals surface area contributed by atoms with Gasteiger partial charge in [0, 0.05) is 17.5 Å². The number of nitrogens with zero attached hydrogens (tertiary/aromatic N) is 2. The van der Waals surface area contributed by atoms with E-state index in [9.17, 15) is 13.2 Å². The highest BCUT2D eigenvalue weighted by atomic mass is 19.4. The van der Waals surface area contributed by atoms with E-state index in [1.165, 1.54) is 12.1 Å². The standard InChI is InChI=1S/C20H25F3N4/c1-5-12-25-18-26-13(2)16(17(24)27-18)10-11-19(3,4)14-6-8-15(9-7-14)20(21,22)23/h6-11H,5,12H2,1-4H3,(H3,24,25,26,27)/b11-10+. The summed E-state index contributed by atoms with van der Waals surface area (Å²) >= 11 is 0. The molecule has 27 heavy (non-hydrogen) atoms. The van der Waals surface area contributed by atoms with Gasteiger partial charge in [0.1, 0.15) is 5.82 Å². The van der Waals surface area contributed by atoms with E-state index in [1.54, 1.807) is 0 Å². The van der Waals surface area contributed by atoms with Crippen LogP contribution in [-0.4, -0.2) is 16.5 Å². The predicted octanol–water partition coefficient (Wildman–Crippen LogP) is 5.20. The molecule has 0 aliphatic rings. The van der Waals surface area contributed by atoms with Crippen molar-refractivity contribution in [3.63, 3.8) is 0 Å². The van der Waals surface area contributed by atoms with Crippen molar-refractivity contribution in [1.29, 1.82) is 0 Å². The Morgan fingerprint density at radius 3 is 2.19 bits per heavy atom. The van der Waals surface area contributed by atoms with E-state index in [-0.39, 0.29) is 0 Å². The number of benzene rings is 1. The van der Waals surface area contributed by atoms with Gasteiger partial charge >= 0.3 is 6.18 Å². The molecule has 0 unspecified atom stereocenters. The second-order valence-corrected chi connectivity index (χ2v) is 6.99. The summed E-state index contributed by atoms with van der Waals surface area (Å²) < 4.78 is 38.2. The smallest absolute Gasteiger partial charge is 0.383 e. The van der Waals surface area contributed by atoms with Gasteiger partial charge in [0.25, 0.3) is 0 Å². The molecule has 2 aromatic rings. The van der Waals surface area contributed by atoms with Crippen molar-refractivity contribution < 1.29 is 13.2 Å². The van der Waals surface area contributed by atoms with Crippen LogP contribution in [0.1, 0.15) is 49.6 Å². The van der Waals surface area contributed by atoms with Crippen molar-refractivity contribution in [2.24, 2.45) is 0 Å². The van der Waals surface area contributed by atoms with Gasteiger partial charge < -0.3 is 11.1 Å². The fourth-order valence-corrected chi connectivity index (χ4v) is 2.60. The Morgan fingerprint density at radius 1 is 1.07 bits per heavy atom. The molecule has 1 aromatic heterocycles. The molecule has 0 aliphatic carbocycles. The number of rotatable bonds is 6. The molecule has 0 amide bonds. The van der Waals surface area contributed by atoms with Crippen LogP contribution in [0.5, 0.6) is 0 Å². The molecule has 7 heteroatoms. The molecule has 0 atom stereocenters. The number of anilines is 2. The summed E-state index contributed by atoms with van der Waals surface area (Å²) in [6.07, 6.45) is 0.336. The quantitative estimate of drug-likeness (QED) is 0.725. The summed E-state index contributed by atoms with van der Waals surface area (Å²) in [5.41, 5.74) is 7.13. The summed E-state index contributed by atoms with van der Waals surface area (Å²) in [7, 11) is 0. The van der Waals surface area contributed by atoms with E-state index >= 15 is 0 Å². The molecule has 2 rings (SSSR count). The predicted molar refractivity (Wildman–Crippen MR) is 103 cm³/mol. The molecule has 0 radical (unpaired) electrons. The van der Waals surface area contributed by atoms with Crippen molar-refractivity contribution in [2.45, 2.75) is 45.7 Å². The molecular formula is C20H25F3N4. The van der Waals surface area contributed by atoms with Crippen molar-refractivity contribution in [2.75, 3.05) is 17.6 Å². The highest BCUT2D eigenvalue weighted by Crippen LogP contribution is 2.32. The molecule has 1 aromatic carbocycles. The second kappa shape index (κ2) is 7.98. The molecule has 1 heterocycles. The zero-order valence-electron chi connectivity index (χ0n) is 16.0. The minimum absolute atomic E-state index is 0.362. The molecule has 0 saturated heterocycles. The third-order valence-electron chi connectivity index (χ3n) is 4.32. The third-order valence-corrected chi connectivity index (χ3v) is 4.32. The van der Waals surface area contributed by atoms with Crippen LogP contribution in [0.15, 0.2) is 30.3 Å². The summed E-state index contributed by atoms with van der Waals surface area (Å²) in [5, 5.41) is 3.10. The molecular weight excluding hydrogens is 353 g/mol. The average molecular weight is 378 g/mol. The maximum absolute atomic E-state index is 12.7. The minimum atomic E-state index is -4.34. The number of alkyl halides is 3. The van der Waals surface area contributed by atoms with E-state index in [0.717, 1.165) is 36.4 Å². The van der Waals surface area contributed by atoms with Gasteiger partial charge in [-0.15, -0.1) is 0 Å². The maximum atomic E-state index is 12.7. The van der Waals surface area contributed by atoms with E-state index in [4.69, 9.17) is 5.73 Å². The summed E-state index contributed by atoms with van der Waals surface area (Å²) in [6, 6.07) is 5.19. The van der Waals surface area contributed by atoms with E-state index < -0.39 is 17.2 Å². The van der Waals surface area contributed by atoms with Crippen LogP contribution in [0.4, 0.5) is 24.9 Å². The topological polar surface area (TPSA) is 63.8 Å². The van der Waals surface area contributed by atoms with Crippen LogP contribution >= 0.6 is 0 Å². The largest absolute Gasteiger partial charge is 0.416 e. The van der Waals surface area contributed by atoms with Crippen LogP contribution in [0.3, 0.4) is 0 Å². The summed E-state index contributed by atoms with van der Waals surface area (Å²) in [4.78, 5) is 8.67. The second-order valence-electron chi connectivity index (χ2n) is 6.99. The summed E-state index contributed by atoms with van der Waals surface area (Å²) in [6.45, 7) is 8.50. The highest BCUT2D eigenvalue weighted by molar-refractivity contribution is 5.65. The molecule has 4 nitrogen and oxygen atoms in total. The highest BCUT2D eigenvalue weighted by Gasteiger charge is 2.30. The van der Waals surface area contributed by atoms with Gasteiger partial charge in [0.05, 0.1) is 11.3 Å². The number of halogens is 3.